The van der Waals surface area contributed by atoms with Crippen LogP contribution >= 0.6 is 11.8 Å². The number of rotatable bonds is 4. The van der Waals surface area contributed by atoms with Crippen LogP contribution in [-0.4, -0.2) is 29.0 Å². The Balaban J connectivity index is 1.57. The summed E-state index contributed by atoms with van der Waals surface area (Å²) in [5, 5.41) is 13.9. The number of hydrogen-bond acceptors (Lipinski definition) is 3. The molecule has 1 unspecified atom stereocenters. The van der Waals surface area contributed by atoms with Crippen molar-refractivity contribution in [2.45, 2.75) is 47.8 Å². The Bertz CT molecular complexity index is 390. The summed E-state index contributed by atoms with van der Waals surface area (Å²) in [7, 11) is 0. The number of hydrogen-bond donors (Lipinski definition) is 2. The lowest BCUT2D eigenvalue weighted by atomic mass is 9.98. The number of thioether (sulfide) groups is 1. The van der Waals surface area contributed by atoms with Gasteiger partial charge in [0.25, 0.3) is 0 Å². The van der Waals surface area contributed by atoms with E-state index in [9.17, 15) is 5.11 Å². The van der Waals surface area contributed by atoms with Crippen molar-refractivity contribution >= 4 is 11.8 Å². The highest BCUT2D eigenvalue weighted by molar-refractivity contribution is 8.00. The van der Waals surface area contributed by atoms with Crippen molar-refractivity contribution in [1.82, 2.24) is 5.32 Å². The summed E-state index contributed by atoms with van der Waals surface area (Å²) in [6.45, 7) is 1.30. The molecule has 1 heterocycles. The van der Waals surface area contributed by atoms with Gasteiger partial charge < -0.3 is 10.4 Å². The molecular weight excluding hydrogens is 242 g/mol. The standard InChI is InChI=1S/C15H21NOS/c17-11-15(7-3-4-8-15)16-10-13-9-12-5-1-2-6-14(12)18-13/h1-2,5-6,13,16-17H,3-4,7-11H2. The number of aliphatic hydroxyl groups excluding tert-OH is 1. The first-order valence-corrected chi connectivity index (χ1v) is 7.80. The molecule has 2 aliphatic rings. The van der Waals surface area contributed by atoms with Crippen LogP contribution in [0.5, 0.6) is 0 Å². The third-order valence-electron chi connectivity index (χ3n) is 4.28. The predicted molar refractivity (Wildman–Crippen MR) is 76.1 cm³/mol. The third kappa shape index (κ3) is 2.44. The van der Waals surface area contributed by atoms with E-state index in [1.54, 1.807) is 0 Å². The van der Waals surface area contributed by atoms with E-state index in [0.29, 0.717) is 5.25 Å². The quantitative estimate of drug-likeness (QED) is 0.876. The van der Waals surface area contributed by atoms with E-state index in [-0.39, 0.29) is 12.1 Å². The highest BCUT2D eigenvalue weighted by Gasteiger charge is 2.34. The van der Waals surface area contributed by atoms with Crippen LogP contribution < -0.4 is 5.32 Å². The molecule has 0 radical (unpaired) electrons. The lowest BCUT2D eigenvalue weighted by Crippen LogP contribution is -2.48. The van der Waals surface area contributed by atoms with Gasteiger partial charge in [0.05, 0.1) is 6.61 Å². The fourth-order valence-corrected chi connectivity index (χ4v) is 4.39. The number of fused-ring (bicyclic) bond motifs is 1. The van der Waals surface area contributed by atoms with Gasteiger partial charge in [-0.25, -0.2) is 0 Å². The van der Waals surface area contributed by atoms with Crippen LogP contribution in [0.25, 0.3) is 0 Å². The molecule has 3 rings (SSSR count). The molecule has 1 aliphatic carbocycles. The zero-order valence-corrected chi connectivity index (χ0v) is 11.5. The third-order valence-corrected chi connectivity index (χ3v) is 5.60. The summed E-state index contributed by atoms with van der Waals surface area (Å²) >= 11 is 1.98. The van der Waals surface area contributed by atoms with Crippen LogP contribution in [-0.2, 0) is 6.42 Å². The predicted octanol–water partition coefficient (Wildman–Crippen LogP) is 2.60. The molecule has 0 aromatic heterocycles. The number of benzene rings is 1. The van der Waals surface area contributed by atoms with E-state index < -0.39 is 0 Å². The minimum Gasteiger partial charge on any atom is -0.394 e. The van der Waals surface area contributed by atoms with Gasteiger partial charge in [0, 0.05) is 22.2 Å². The molecule has 1 aromatic rings. The van der Waals surface area contributed by atoms with E-state index in [2.05, 4.69) is 29.6 Å². The van der Waals surface area contributed by atoms with Crippen LogP contribution in [0.4, 0.5) is 0 Å². The Morgan fingerprint density at radius 2 is 2.06 bits per heavy atom. The van der Waals surface area contributed by atoms with Crippen LogP contribution in [0.1, 0.15) is 31.2 Å². The van der Waals surface area contributed by atoms with Crippen molar-refractivity contribution in [3.63, 3.8) is 0 Å². The van der Waals surface area contributed by atoms with Crippen molar-refractivity contribution in [3.8, 4) is 0 Å². The first-order valence-electron chi connectivity index (χ1n) is 6.92. The van der Waals surface area contributed by atoms with E-state index in [0.717, 1.165) is 25.8 Å². The summed E-state index contributed by atoms with van der Waals surface area (Å²) in [6.07, 6.45) is 5.94. The molecule has 3 heteroatoms. The molecule has 2 nitrogen and oxygen atoms in total. The maximum absolute atomic E-state index is 9.59. The van der Waals surface area contributed by atoms with E-state index >= 15 is 0 Å². The van der Waals surface area contributed by atoms with E-state index in [1.165, 1.54) is 23.3 Å². The Labute approximate surface area is 113 Å². The zero-order valence-electron chi connectivity index (χ0n) is 10.7. The summed E-state index contributed by atoms with van der Waals surface area (Å²) in [5.74, 6) is 0. The lowest BCUT2D eigenvalue weighted by Gasteiger charge is -2.29. The van der Waals surface area contributed by atoms with Crippen molar-refractivity contribution in [3.05, 3.63) is 29.8 Å². The van der Waals surface area contributed by atoms with Crippen LogP contribution in [0, 0.1) is 0 Å². The smallest absolute Gasteiger partial charge is 0.0613 e. The summed E-state index contributed by atoms with van der Waals surface area (Å²) in [5.41, 5.74) is 1.51. The SMILES string of the molecule is OCC1(NCC2Cc3ccccc3S2)CCCC1. The van der Waals surface area contributed by atoms with Gasteiger partial charge >= 0.3 is 0 Å². The normalized spacial score (nSPS) is 25.3. The van der Waals surface area contributed by atoms with Crippen molar-refractivity contribution in [1.29, 1.82) is 0 Å². The molecular formula is C15H21NOS. The average Bonchev–Trinajstić information content (AvgIpc) is 3.03. The van der Waals surface area contributed by atoms with Crippen molar-refractivity contribution < 1.29 is 5.11 Å². The molecule has 0 spiro atoms. The monoisotopic (exact) mass is 263 g/mol. The summed E-state index contributed by atoms with van der Waals surface area (Å²) in [6, 6.07) is 8.70. The minimum atomic E-state index is 0.0231. The molecule has 1 saturated carbocycles. The second-order valence-electron chi connectivity index (χ2n) is 5.58. The van der Waals surface area contributed by atoms with Gasteiger partial charge in [0.1, 0.15) is 0 Å². The number of nitrogens with one attached hydrogen (secondary N) is 1. The Kier molecular flexibility index (Phi) is 3.64. The average molecular weight is 263 g/mol. The summed E-state index contributed by atoms with van der Waals surface area (Å²) in [4.78, 5) is 1.44. The fraction of sp³-hybridized carbons (Fsp3) is 0.600. The Hall–Kier alpha value is -0.510. The van der Waals surface area contributed by atoms with Gasteiger partial charge in [-0.15, -0.1) is 11.8 Å². The topological polar surface area (TPSA) is 32.3 Å². The Morgan fingerprint density at radius 1 is 1.28 bits per heavy atom. The highest BCUT2D eigenvalue weighted by atomic mass is 32.2. The first-order chi connectivity index (χ1) is 8.81. The van der Waals surface area contributed by atoms with Gasteiger partial charge in [-0.3, -0.25) is 0 Å². The van der Waals surface area contributed by atoms with Gasteiger partial charge in [0.15, 0.2) is 0 Å². The fourth-order valence-electron chi connectivity index (χ4n) is 3.14. The lowest BCUT2D eigenvalue weighted by molar-refractivity contribution is 0.165. The molecule has 18 heavy (non-hydrogen) atoms. The zero-order chi connectivity index (χ0) is 12.4. The first kappa shape index (κ1) is 12.5. The summed E-state index contributed by atoms with van der Waals surface area (Å²) < 4.78 is 0. The Morgan fingerprint density at radius 3 is 2.78 bits per heavy atom. The highest BCUT2D eigenvalue weighted by Crippen LogP contribution is 2.37. The molecule has 0 amide bonds. The van der Waals surface area contributed by atoms with E-state index in [1.807, 2.05) is 11.8 Å². The maximum atomic E-state index is 9.59. The second kappa shape index (κ2) is 5.24. The second-order valence-corrected chi connectivity index (χ2v) is 6.92. The van der Waals surface area contributed by atoms with Gasteiger partial charge in [0.2, 0.25) is 0 Å². The molecule has 98 valence electrons. The van der Waals surface area contributed by atoms with Gasteiger partial charge in [-0.05, 0) is 30.9 Å². The molecule has 1 aromatic carbocycles. The van der Waals surface area contributed by atoms with Gasteiger partial charge in [-0.2, -0.15) is 0 Å². The molecule has 1 aliphatic heterocycles. The molecule has 0 bridgehead atoms. The minimum absolute atomic E-state index is 0.0231. The van der Waals surface area contributed by atoms with Crippen molar-refractivity contribution in [2.75, 3.05) is 13.2 Å². The van der Waals surface area contributed by atoms with Crippen LogP contribution in [0.3, 0.4) is 0 Å². The van der Waals surface area contributed by atoms with E-state index in [4.69, 9.17) is 0 Å². The maximum Gasteiger partial charge on any atom is 0.0613 e. The molecule has 1 fully saturated rings. The molecule has 2 N–H and O–H groups in total. The van der Waals surface area contributed by atoms with Gasteiger partial charge in [-0.1, -0.05) is 31.0 Å². The van der Waals surface area contributed by atoms with Crippen LogP contribution in [0.2, 0.25) is 0 Å². The van der Waals surface area contributed by atoms with Crippen molar-refractivity contribution in [2.24, 2.45) is 0 Å². The van der Waals surface area contributed by atoms with Crippen LogP contribution in [0.15, 0.2) is 29.2 Å². The number of aliphatic hydroxyl groups is 1. The largest absolute Gasteiger partial charge is 0.394 e. The molecule has 0 saturated heterocycles. The molecule has 1 atom stereocenters.